The molecule has 1 aromatic heterocycles. The zero-order chi connectivity index (χ0) is 24.6. The van der Waals surface area contributed by atoms with Crippen molar-refractivity contribution >= 4 is 29.4 Å². The number of carbonyl (C=O) groups is 2. The first kappa shape index (κ1) is 23.7. The van der Waals surface area contributed by atoms with Crippen molar-refractivity contribution in [3.05, 3.63) is 40.5 Å². The van der Waals surface area contributed by atoms with Crippen molar-refractivity contribution in [3.63, 3.8) is 0 Å². The van der Waals surface area contributed by atoms with Gasteiger partial charge in [0.15, 0.2) is 0 Å². The fourth-order valence-electron chi connectivity index (χ4n) is 6.17. The Bertz CT molecular complexity index is 1170. The van der Waals surface area contributed by atoms with Crippen molar-refractivity contribution in [2.45, 2.75) is 63.6 Å². The number of amides is 2. The molecule has 6 rings (SSSR count). The van der Waals surface area contributed by atoms with E-state index in [2.05, 4.69) is 15.3 Å². The number of benzene rings is 1. The Morgan fingerprint density at radius 3 is 2.86 bits per heavy atom. The largest absolute Gasteiger partial charge is 0.381 e. The third-order valence-electron chi connectivity index (χ3n) is 8.11. The molecule has 1 N–H and O–H groups in total. The van der Waals surface area contributed by atoms with Crippen molar-refractivity contribution in [2.75, 3.05) is 31.6 Å². The van der Waals surface area contributed by atoms with Crippen molar-refractivity contribution in [1.82, 2.24) is 19.8 Å². The van der Waals surface area contributed by atoms with E-state index >= 15 is 0 Å². The molecule has 2 saturated heterocycles. The summed E-state index contributed by atoms with van der Waals surface area (Å²) in [7, 11) is 0. The molecule has 3 fully saturated rings. The molecule has 0 radical (unpaired) electrons. The van der Waals surface area contributed by atoms with Crippen LogP contribution in [0, 0.1) is 5.92 Å². The van der Waals surface area contributed by atoms with E-state index in [4.69, 9.17) is 16.3 Å². The lowest BCUT2D eigenvalue weighted by atomic mass is 10.0. The Labute approximate surface area is 216 Å². The monoisotopic (exact) mass is 509 g/mol. The molecule has 0 spiro atoms. The van der Waals surface area contributed by atoms with Crippen LogP contribution >= 0.6 is 11.6 Å². The third-order valence-corrected chi connectivity index (χ3v) is 8.38. The van der Waals surface area contributed by atoms with Crippen molar-refractivity contribution in [3.8, 4) is 11.3 Å². The number of hydrogen-bond donors (Lipinski definition) is 1. The van der Waals surface area contributed by atoms with Crippen LogP contribution in [0.2, 0.25) is 5.02 Å². The maximum atomic E-state index is 13.3. The van der Waals surface area contributed by atoms with Crippen molar-refractivity contribution in [1.29, 1.82) is 0 Å². The number of halogens is 1. The summed E-state index contributed by atoms with van der Waals surface area (Å²) in [5, 5.41) is 3.81. The molecule has 3 aliphatic heterocycles. The van der Waals surface area contributed by atoms with Gasteiger partial charge in [0.2, 0.25) is 11.9 Å². The van der Waals surface area contributed by atoms with Crippen molar-refractivity contribution in [2.24, 2.45) is 5.92 Å². The summed E-state index contributed by atoms with van der Waals surface area (Å²) in [6.07, 6.45) is 9.30. The average molecular weight is 510 g/mol. The highest BCUT2D eigenvalue weighted by Gasteiger charge is 2.38. The van der Waals surface area contributed by atoms with Crippen LogP contribution in [-0.4, -0.2) is 70.0 Å². The Hall–Kier alpha value is -2.71. The summed E-state index contributed by atoms with van der Waals surface area (Å²) in [6, 6.07) is 6.35. The molecule has 1 saturated carbocycles. The van der Waals surface area contributed by atoms with E-state index in [9.17, 15) is 9.59 Å². The molecule has 190 valence electrons. The van der Waals surface area contributed by atoms with Crippen LogP contribution in [0.3, 0.4) is 0 Å². The molecular weight excluding hydrogens is 478 g/mol. The predicted molar refractivity (Wildman–Crippen MR) is 137 cm³/mol. The van der Waals surface area contributed by atoms with Crippen LogP contribution in [0.25, 0.3) is 11.3 Å². The lowest BCUT2D eigenvalue weighted by Gasteiger charge is -2.27. The highest BCUT2D eigenvalue weighted by Crippen LogP contribution is 2.35. The summed E-state index contributed by atoms with van der Waals surface area (Å²) in [5.41, 5.74) is 2.90. The Morgan fingerprint density at radius 1 is 1.17 bits per heavy atom. The summed E-state index contributed by atoms with van der Waals surface area (Å²) >= 11 is 6.47. The van der Waals surface area contributed by atoms with E-state index in [1.54, 1.807) is 11.1 Å². The molecule has 9 heteroatoms. The predicted octanol–water partition coefficient (Wildman–Crippen LogP) is 4.13. The minimum atomic E-state index is -0.106. The van der Waals surface area contributed by atoms with Gasteiger partial charge in [0.1, 0.15) is 6.54 Å². The molecule has 2 atom stereocenters. The van der Waals surface area contributed by atoms with Gasteiger partial charge in [-0.25, -0.2) is 9.97 Å². The molecule has 4 heterocycles. The lowest BCUT2D eigenvalue weighted by Crippen LogP contribution is -2.43. The van der Waals surface area contributed by atoms with Gasteiger partial charge in [0, 0.05) is 49.5 Å². The molecule has 1 aromatic carbocycles. The third kappa shape index (κ3) is 4.68. The zero-order valence-corrected chi connectivity index (χ0v) is 21.2. The van der Waals surface area contributed by atoms with Crippen LogP contribution < -0.4 is 5.32 Å². The van der Waals surface area contributed by atoms with Crippen LogP contribution in [0.1, 0.15) is 60.9 Å². The number of fused-ring (bicyclic) bond motifs is 3. The van der Waals surface area contributed by atoms with E-state index in [1.165, 1.54) is 19.3 Å². The summed E-state index contributed by atoms with van der Waals surface area (Å²) in [4.78, 5) is 39.2. The summed E-state index contributed by atoms with van der Waals surface area (Å²) in [5.74, 6) is 1.12. The van der Waals surface area contributed by atoms with Gasteiger partial charge in [0.25, 0.3) is 5.91 Å². The molecule has 36 heavy (non-hydrogen) atoms. The van der Waals surface area contributed by atoms with Gasteiger partial charge >= 0.3 is 0 Å². The fraction of sp³-hybridized carbons (Fsp3) is 0.556. The van der Waals surface area contributed by atoms with Crippen LogP contribution in [0.15, 0.2) is 24.4 Å². The quantitative estimate of drug-likeness (QED) is 0.652. The second-order valence-corrected chi connectivity index (χ2v) is 10.9. The van der Waals surface area contributed by atoms with Crippen LogP contribution in [0.4, 0.5) is 5.95 Å². The minimum Gasteiger partial charge on any atom is -0.381 e. The second kappa shape index (κ2) is 9.98. The average Bonchev–Trinajstić information content (AvgIpc) is 3.33. The molecule has 2 bridgehead atoms. The van der Waals surface area contributed by atoms with Gasteiger partial charge in [-0.2, -0.15) is 0 Å². The Kier molecular flexibility index (Phi) is 6.56. The summed E-state index contributed by atoms with van der Waals surface area (Å²) in [6.45, 7) is 2.89. The number of anilines is 1. The van der Waals surface area contributed by atoms with Gasteiger partial charge in [-0.15, -0.1) is 0 Å². The van der Waals surface area contributed by atoms with Gasteiger partial charge in [-0.05, 0) is 49.7 Å². The van der Waals surface area contributed by atoms with Crippen LogP contribution in [0.5, 0.6) is 0 Å². The number of rotatable bonds is 5. The van der Waals surface area contributed by atoms with E-state index < -0.39 is 0 Å². The molecule has 4 aliphatic rings. The van der Waals surface area contributed by atoms with Gasteiger partial charge in [0.05, 0.1) is 16.9 Å². The fourth-order valence-corrected chi connectivity index (χ4v) is 6.37. The zero-order valence-electron chi connectivity index (χ0n) is 20.4. The smallest absolute Gasteiger partial charge is 0.254 e. The number of ether oxygens (including phenoxy) is 1. The first-order chi connectivity index (χ1) is 17.5. The van der Waals surface area contributed by atoms with Crippen molar-refractivity contribution < 1.29 is 14.3 Å². The number of carbonyl (C=O) groups excluding carboxylic acids is 2. The molecule has 8 nitrogen and oxygen atoms in total. The molecule has 1 aliphatic carbocycles. The maximum absolute atomic E-state index is 13.3. The first-order valence-electron chi connectivity index (χ1n) is 13.1. The number of likely N-dealkylation sites (tertiary alicyclic amines) is 1. The molecule has 2 amide bonds. The Morgan fingerprint density at radius 2 is 2.00 bits per heavy atom. The van der Waals surface area contributed by atoms with Crippen LogP contribution in [-0.2, 0) is 16.1 Å². The first-order valence-corrected chi connectivity index (χ1v) is 13.5. The maximum Gasteiger partial charge on any atom is 0.254 e. The number of aromatic nitrogens is 2. The van der Waals surface area contributed by atoms with Gasteiger partial charge in [-0.3, -0.25) is 9.59 Å². The highest BCUT2D eigenvalue weighted by atomic mass is 35.5. The standard InChI is InChI=1S/C27H32ClN5O3/c28-23-13-29-27(30-20-7-9-36-10-8-20)31-25(23)18-5-6-19-15-32(26(35)22(19)12-18)16-24(34)33-14-17-3-1-2-4-21(33)11-17/h5-6,12-13,17,20-21H,1-4,7-11,14-16H2,(H,29,30,31). The SMILES string of the molecule is O=C1c2cc(-c3nc(NC4CCOCC4)ncc3Cl)ccc2CN1CC(=O)N1CC2CCCCC1C2. The van der Waals surface area contributed by atoms with E-state index in [0.29, 0.717) is 40.7 Å². The van der Waals surface area contributed by atoms with E-state index in [0.717, 1.165) is 56.6 Å². The van der Waals surface area contributed by atoms with E-state index in [-0.39, 0.29) is 24.4 Å². The topological polar surface area (TPSA) is 87.7 Å². The number of nitrogens with one attached hydrogen (secondary N) is 1. The minimum absolute atomic E-state index is 0.0773. The van der Waals surface area contributed by atoms with Gasteiger partial charge < -0.3 is 19.9 Å². The number of nitrogens with zero attached hydrogens (tertiary/aromatic N) is 4. The lowest BCUT2D eigenvalue weighted by molar-refractivity contribution is -0.133. The van der Waals surface area contributed by atoms with Gasteiger partial charge in [-0.1, -0.05) is 36.6 Å². The summed E-state index contributed by atoms with van der Waals surface area (Å²) < 4.78 is 5.43. The highest BCUT2D eigenvalue weighted by molar-refractivity contribution is 6.33. The molecule has 2 aromatic rings. The Balaban J connectivity index is 1.16. The number of hydrogen-bond acceptors (Lipinski definition) is 6. The second-order valence-electron chi connectivity index (χ2n) is 10.5. The normalized spacial score (nSPS) is 24.1. The van der Waals surface area contributed by atoms with E-state index in [1.807, 2.05) is 23.1 Å². The molecule has 2 unspecified atom stereocenters. The molecular formula is C27H32ClN5O3.